The third-order valence-electron chi connectivity index (χ3n) is 4.88. The van der Waals surface area contributed by atoms with E-state index in [1.807, 2.05) is 7.05 Å². The summed E-state index contributed by atoms with van der Waals surface area (Å²) in [5, 5.41) is 6.95. The normalized spacial score (nSPS) is 34.9. The smallest absolute Gasteiger partial charge is 0.191 e. The standard InChI is InChI=1S/C16H30N4O2/c1-16(2)11-20(8-9-21-16)7-6-18-15(17-3)19-13-10-12-4-5-14(13)22-12/h12-14H,4-11H2,1-3H3,(H2,17,18,19). The van der Waals surface area contributed by atoms with Crippen LogP contribution in [0.2, 0.25) is 0 Å². The number of guanidine groups is 1. The van der Waals surface area contributed by atoms with Gasteiger partial charge in [-0.1, -0.05) is 0 Å². The van der Waals surface area contributed by atoms with Crippen molar-refractivity contribution in [3.05, 3.63) is 0 Å². The summed E-state index contributed by atoms with van der Waals surface area (Å²) in [6, 6.07) is 0.423. The molecular formula is C16H30N4O2. The van der Waals surface area contributed by atoms with Crippen molar-refractivity contribution in [2.45, 2.75) is 57.0 Å². The zero-order valence-corrected chi connectivity index (χ0v) is 14.1. The minimum Gasteiger partial charge on any atom is -0.373 e. The Morgan fingerprint density at radius 2 is 2.23 bits per heavy atom. The molecule has 0 amide bonds. The van der Waals surface area contributed by atoms with Gasteiger partial charge in [0.2, 0.25) is 0 Å². The lowest BCUT2D eigenvalue weighted by Crippen LogP contribution is -2.52. The van der Waals surface area contributed by atoms with Crippen LogP contribution in [0.1, 0.15) is 33.1 Å². The van der Waals surface area contributed by atoms with E-state index in [1.54, 1.807) is 0 Å². The van der Waals surface area contributed by atoms with E-state index in [4.69, 9.17) is 9.47 Å². The van der Waals surface area contributed by atoms with E-state index in [9.17, 15) is 0 Å². The Morgan fingerprint density at radius 3 is 2.86 bits per heavy atom. The van der Waals surface area contributed by atoms with Crippen LogP contribution in [0.25, 0.3) is 0 Å². The maximum absolute atomic E-state index is 5.89. The summed E-state index contributed by atoms with van der Waals surface area (Å²) in [6.07, 6.45) is 4.37. The molecule has 2 N–H and O–H groups in total. The van der Waals surface area contributed by atoms with Gasteiger partial charge in [-0.25, -0.2) is 0 Å². The molecule has 3 unspecified atom stereocenters. The lowest BCUT2D eigenvalue weighted by atomic mass is 9.96. The number of ether oxygens (including phenoxy) is 2. The van der Waals surface area contributed by atoms with E-state index in [2.05, 4.69) is 34.4 Å². The molecule has 0 aromatic heterocycles. The van der Waals surface area contributed by atoms with Gasteiger partial charge in [0.05, 0.1) is 30.5 Å². The van der Waals surface area contributed by atoms with Gasteiger partial charge >= 0.3 is 0 Å². The van der Waals surface area contributed by atoms with Crippen molar-refractivity contribution >= 4 is 5.96 Å². The second-order valence-electron chi connectivity index (χ2n) is 7.24. The second kappa shape index (κ2) is 6.72. The maximum Gasteiger partial charge on any atom is 0.191 e. The van der Waals surface area contributed by atoms with Gasteiger partial charge < -0.3 is 20.1 Å². The minimum atomic E-state index is -0.0292. The highest BCUT2D eigenvalue weighted by Gasteiger charge is 2.41. The molecule has 3 heterocycles. The Hall–Kier alpha value is -0.850. The number of hydrogen-bond acceptors (Lipinski definition) is 4. The maximum atomic E-state index is 5.89. The number of hydrogen-bond donors (Lipinski definition) is 2. The Kier molecular flexibility index (Phi) is 4.90. The first-order chi connectivity index (χ1) is 10.6. The van der Waals surface area contributed by atoms with E-state index < -0.39 is 0 Å². The molecular weight excluding hydrogens is 280 g/mol. The van der Waals surface area contributed by atoms with Crippen LogP contribution in [0.15, 0.2) is 4.99 Å². The molecule has 0 saturated carbocycles. The predicted octanol–water partition coefficient (Wildman–Crippen LogP) is 0.582. The summed E-state index contributed by atoms with van der Waals surface area (Å²) >= 11 is 0. The Bertz CT molecular complexity index is 413. The van der Waals surface area contributed by atoms with Crippen LogP contribution < -0.4 is 10.6 Å². The molecule has 0 spiro atoms. The quantitative estimate of drug-likeness (QED) is 0.588. The molecule has 3 aliphatic rings. The zero-order valence-electron chi connectivity index (χ0n) is 14.1. The lowest BCUT2D eigenvalue weighted by molar-refractivity contribution is -0.0852. The molecule has 3 rings (SSSR count). The number of morpholine rings is 1. The number of rotatable bonds is 4. The summed E-state index contributed by atoms with van der Waals surface area (Å²) in [5.41, 5.74) is -0.0292. The molecule has 0 aromatic carbocycles. The van der Waals surface area contributed by atoms with Gasteiger partial charge in [-0.15, -0.1) is 0 Å². The molecule has 6 heteroatoms. The summed E-state index contributed by atoms with van der Waals surface area (Å²) in [5.74, 6) is 0.897. The molecule has 3 aliphatic heterocycles. The molecule has 22 heavy (non-hydrogen) atoms. The molecule has 126 valence electrons. The van der Waals surface area contributed by atoms with Gasteiger partial charge in [0.1, 0.15) is 0 Å². The fourth-order valence-corrected chi connectivity index (χ4v) is 3.80. The summed E-state index contributed by atoms with van der Waals surface area (Å²) < 4.78 is 11.6. The van der Waals surface area contributed by atoms with Gasteiger partial charge in [0.15, 0.2) is 5.96 Å². The fraction of sp³-hybridized carbons (Fsp3) is 0.938. The number of aliphatic imine (C=N–C) groups is 1. The largest absolute Gasteiger partial charge is 0.373 e. The highest BCUT2D eigenvalue weighted by atomic mass is 16.5. The average Bonchev–Trinajstić information content (AvgIpc) is 3.07. The van der Waals surface area contributed by atoms with Crippen molar-refractivity contribution in [3.63, 3.8) is 0 Å². The first-order valence-electron chi connectivity index (χ1n) is 8.55. The van der Waals surface area contributed by atoms with E-state index >= 15 is 0 Å². The van der Waals surface area contributed by atoms with Gasteiger partial charge in [0, 0.05) is 33.2 Å². The molecule has 3 fully saturated rings. The summed E-state index contributed by atoms with van der Waals surface area (Å²) in [4.78, 5) is 6.79. The topological polar surface area (TPSA) is 58.1 Å². The number of fused-ring (bicyclic) bond motifs is 2. The van der Waals surface area contributed by atoms with E-state index in [0.717, 1.165) is 45.2 Å². The van der Waals surface area contributed by atoms with Gasteiger partial charge in [-0.2, -0.15) is 0 Å². The number of nitrogens with zero attached hydrogens (tertiary/aromatic N) is 2. The first-order valence-corrected chi connectivity index (χ1v) is 8.55. The van der Waals surface area contributed by atoms with Crippen molar-refractivity contribution in [1.29, 1.82) is 0 Å². The van der Waals surface area contributed by atoms with Crippen molar-refractivity contribution in [3.8, 4) is 0 Å². The van der Waals surface area contributed by atoms with E-state index in [1.165, 1.54) is 12.8 Å². The predicted molar refractivity (Wildman–Crippen MR) is 87.3 cm³/mol. The monoisotopic (exact) mass is 310 g/mol. The summed E-state index contributed by atoms with van der Waals surface area (Å²) in [6.45, 7) is 9.04. The van der Waals surface area contributed by atoms with Crippen LogP contribution in [0.5, 0.6) is 0 Å². The lowest BCUT2D eigenvalue weighted by Gasteiger charge is -2.38. The molecule has 2 bridgehead atoms. The van der Waals surface area contributed by atoms with Crippen LogP contribution in [0.4, 0.5) is 0 Å². The molecule has 3 saturated heterocycles. The van der Waals surface area contributed by atoms with Crippen molar-refractivity contribution in [2.24, 2.45) is 4.99 Å². The van der Waals surface area contributed by atoms with Crippen LogP contribution in [-0.2, 0) is 9.47 Å². The van der Waals surface area contributed by atoms with Crippen LogP contribution >= 0.6 is 0 Å². The van der Waals surface area contributed by atoms with E-state index in [0.29, 0.717) is 18.2 Å². The van der Waals surface area contributed by atoms with Crippen LogP contribution in [0, 0.1) is 0 Å². The fourth-order valence-electron chi connectivity index (χ4n) is 3.80. The third kappa shape index (κ3) is 3.91. The molecule has 6 nitrogen and oxygen atoms in total. The van der Waals surface area contributed by atoms with E-state index in [-0.39, 0.29) is 5.60 Å². The minimum absolute atomic E-state index is 0.0292. The summed E-state index contributed by atoms with van der Waals surface area (Å²) in [7, 11) is 1.83. The molecule has 0 aromatic rings. The highest BCUT2D eigenvalue weighted by molar-refractivity contribution is 5.80. The van der Waals surface area contributed by atoms with Gasteiger partial charge in [-0.3, -0.25) is 9.89 Å². The van der Waals surface area contributed by atoms with Crippen molar-refractivity contribution in [1.82, 2.24) is 15.5 Å². The SMILES string of the molecule is CN=C(NCCN1CCOC(C)(C)C1)NC1CC2CCC1O2. The van der Waals surface area contributed by atoms with Crippen molar-refractivity contribution < 1.29 is 9.47 Å². The highest BCUT2D eigenvalue weighted by Crippen LogP contribution is 2.34. The second-order valence-corrected chi connectivity index (χ2v) is 7.24. The average molecular weight is 310 g/mol. The van der Waals surface area contributed by atoms with Gasteiger partial charge in [0.25, 0.3) is 0 Å². The van der Waals surface area contributed by atoms with Crippen LogP contribution in [-0.4, -0.2) is 74.5 Å². The van der Waals surface area contributed by atoms with Crippen molar-refractivity contribution in [2.75, 3.05) is 39.8 Å². The molecule has 0 radical (unpaired) electrons. The Labute approximate surface area is 133 Å². The zero-order chi connectivity index (χ0) is 15.6. The van der Waals surface area contributed by atoms with Crippen LogP contribution in [0.3, 0.4) is 0 Å². The number of nitrogens with one attached hydrogen (secondary N) is 2. The molecule has 3 atom stereocenters. The first kappa shape index (κ1) is 16.0. The molecule has 0 aliphatic carbocycles. The van der Waals surface area contributed by atoms with Gasteiger partial charge in [-0.05, 0) is 33.1 Å². The third-order valence-corrected chi connectivity index (χ3v) is 4.88. The Morgan fingerprint density at radius 1 is 1.36 bits per heavy atom. The Balaban J connectivity index is 1.38.